The summed E-state index contributed by atoms with van der Waals surface area (Å²) in [6, 6.07) is 29.7. The fourth-order valence-electron chi connectivity index (χ4n) is 4.68. The molecule has 1 unspecified atom stereocenters. The molecule has 0 aliphatic carbocycles. The van der Waals surface area contributed by atoms with Crippen molar-refractivity contribution < 1.29 is 28.2 Å². The van der Waals surface area contributed by atoms with Crippen LogP contribution in [0.1, 0.15) is 48.0 Å². The molecule has 3 aromatic rings. The van der Waals surface area contributed by atoms with E-state index >= 15 is 0 Å². The second kappa shape index (κ2) is 9.73. The van der Waals surface area contributed by atoms with Crippen molar-refractivity contribution in [1.29, 1.82) is 0 Å². The molecule has 1 aliphatic heterocycles. The van der Waals surface area contributed by atoms with Gasteiger partial charge in [0, 0.05) is 28.3 Å². The summed E-state index contributed by atoms with van der Waals surface area (Å²) in [5.41, 5.74) is 3.76. The Labute approximate surface area is 211 Å². The third-order valence-electron chi connectivity index (χ3n) is 7.43. The Kier molecular flexibility index (Phi) is 7.56. The van der Waals surface area contributed by atoms with Crippen LogP contribution in [0.2, 0.25) is 5.82 Å². The molecule has 5 heteroatoms. The maximum atomic E-state index is 6.79. The third-order valence-corrected chi connectivity index (χ3v) is 7.43. The first-order valence-electron chi connectivity index (χ1n) is 11.8. The molecule has 1 fully saturated rings. The van der Waals surface area contributed by atoms with Crippen LogP contribution in [0.5, 0.6) is 0 Å². The molecule has 0 radical (unpaired) electrons. The molecule has 1 atom stereocenters. The molecular weight excluding hydrogens is 400 g/mol. The van der Waals surface area contributed by atoms with Crippen LogP contribution in [-0.4, -0.2) is 17.8 Å². The normalized spacial score (nSPS) is 18.8. The molecule has 1 heterocycles. The van der Waals surface area contributed by atoms with E-state index in [4.69, 9.17) is 9.31 Å². The van der Waals surface area contributed by atoms with E-state index in [1.54, 1.807) is 0 Å². The molecule has 4 rings (SSSR count). The largest absolute Gasteiger partial charge is 1.00 e. The van der Waals surface area contributed by atoms with Crippen LogP contribution in [0.25, 0.3) is 0 Å². The molecule has 33 heavy (non-hydrogen) atoms. The quantitative estimate of drug-likeness (QED) is 0.542. The van der Waals surface area contributed by atoms with Crippen molar-refractivity contribution in [3.63, 3.8) is 0 Å². The van der Waals surface area contributed by atoms with Crippen LogP contribution in [0.15, 0.2) is 84.9 Å². The minimum atomic E-state index is -1.60. The Morgan fingerprint density at radius 2 is 1.09 bits per heavy atom. The summed E-state index contributed by atoms with van der Waals surface area (Å²) in [7, 11) is 0. The van der Waals surface area contributed by atoms with Crippen LogP contribution in [0.4, 0.5) is 17.1 Å². The first-order valence-corrected chi connectivity index (χ1v) is 11.8. The van der Waals surface area contributed by atoms with Gasteiger partial charge in [-0.15, -0.1) is 5.82 Å². The molecule has 0 saturated carbocycles. The average Bonchev–Trinajstić information content (AvgIpc) is 3.00. The van der Waals surface area contributed by atoms with E-state index in [1.807, 2.05) is 12.1 Å². The summed E-state index contributed by atoms with van der Waals surface area (Å²) >= 11 is 0. The van der Waals surface area contributed by atoms with Crippen molar-refractivity contribution in [1.82, 2.24) is 0 Å². The maximum absolute atomic E-state index is 6.79. The molecule has 0 aromatic heterocycles. The molecule has 3 nitrogen and oxygen atoms in total. The van der Waals surface area contributed by atoms with Crippen molar-refractivity contribution in [3.8, 4) is 0 Å². The minimum Gasteiger partial charge on any atom is -0.558 e. The number of hydrogen-bond donors (Lipinski definition) is 0. The topological polar surface area (TPSA) is 21.7 Å². The van der Waals surface area contributed by atoms with Gasteiger partial charge in [0.2, 0.25) is 0 Å². The number of benzene rings is 3. The summed E-state index contributed by atoms with van der Waals surface area (Å²) < 4.78 is 13.6. The predicted octanol–water partition coefficient (Wildman–Crippen LogP) is 4.21. The zero-order valence-corrected chi connectivity index (χ0v) is 21.2. The van der Waals surface area contributed by atoms with Gasteiger partial charge in [-0.1, -0.05) is 68.8 Å². The fourth-order valence-corrected chi connectivity index (χ4v) is 4.68. The Bertz CT molecular complexity index is 983. The zero-order valence-electron chi connectivity index (χ0n) is 21.2. The molecule has 0 N–H and O–H groups in total. The van der Waals surface area contributed by atoms with Gasteiger partial charge in [-0.05, 0) is 64.1 Å². The van der Waals surface area contributed by atoms with E-state index in [-0.39, 0.29) is 35.9 Å². The van der Waals surface area contributed by atoms with Crippen molar-refractivity contribution in [2.24, 2.45) is 0 Å². The number of anilines is 3. The smallest absolute Gasteiger partial charge is 0.558 e. The maximum Gasteiger partial charge on any atom is 1.00 e. The van der Waals surface area contributed by atoms with E-state index in [9.17, 15) is 0 Å². The van der Waals surface area contributed by atoms with Crippen LogP contribution < -0.4 is 29.2 Å². The van der Waals surface area contributed by atoms with Gasteiger partial charge in [0.25, 0.3) is 6.55 Å². The van der Waals surface area contributed by atoms with Crippen LogP contribution in [0, 0.1) is 0 Å². The summed E-state index contributed by atoms with van der Waals surface area (Å²) in [5.74, 6) is 0.279. The third kappa shape index (κ3) is 4.68. The summed E-state index contributed by atoms with van der Waals surface area (Å²) in [4.78, 5) is 2.27. The average molecular weight is 435 g/mol. The molecule has 1 aliphatic rings. The van der Waals surface area contributed by atoms with Gasteiger partial charge < -0.3 is 14.2 Å². The van der Waals surface area contributed by atoms with E-state index in [2.05, 4.69) is 119 Å². The monoisotopic (exact) mass is 435 g/mol. The number of para-hydroxylation sites is 2. The SMILES string of the molecule is CCC(C)[B-]1(c2ccc(N(c3ccccc3)c3ccccc3)cc2)OC(C)(C)C(C)(C)O1.[Li+]. The number of rotatable bonds is 6. The molecule has 3 aromatic carbocycles. The van der Waals surface area contributed by atoms with E-state index < -0.39 is 6.55 Å². The Morgan fingerprint density at radius 1 is 0.697 bits per heavy atom. The van der Waals surface area contributed by atoms with Crippen molar-refractivity contribution >= 4 is 29.1 Å². The van der Waals surface area contributed by atoms with Gasteiger partial charge in [-0.3, -0.25) is 0 Å². The Hall–Kier alpha value is -1.96. The molecular formula is C28H35BLiNO2. The van der Waals surface area contributed by atoms with Gasteiger partial charge in [0.05, 0.1) is 0 Å². The van der Waals surface area contributed by atoms with Crippen LogP contribution >= 0.6 is 0 Å². The van der Waals surface area contributed by atoms with Gasteiger partial charge in [0.15, 0.2) is 0 Å². The summed E-state index contributed by atoms with van der Waals surface area (Å²) in [5, 5.41) is 0. The van der Waals surface area contributed by atoms with Gasteiger partial charge >= 0.3 is 18.9 Å². The van der Waals surface area contributed by atoms with Crippen LogP contribution in [-0.2, 0) is 9.31 Å². The van der Waals surface area contributed by atoms with Crippen molar-refractivity contribution in [3.05, 3.63) is 84.9 Å². The van der Waals surface area contributed by atoms with Gasteiger partial charge in [-0.25, -0.2) is 0 Å². The Morgan fingerprint density at radius 3 is 1.48 bits per heavy atom. The van der Waals surface area contributed by atoms with Crippen molar-refractivity contribution in [2.75, 3.05) is 4.90 Å². The van der Waals surface area contributed by atoms with E-state index in [0.29, 0.717) is 0 Å². The second-order valence-electron chi connectivity index (χ2n) is 10.0. The predicted molar refractivity (Wildman–Crippen MR) is 137 cm³/mol. The van der Waals surface area contributed by atoms with Gasteiger partial charge in [0.1, 0.15) is 0 Å². The van der Waals surface area contributed by atoms with Crippen LogP contribution in [0.3, 0.4) is 0 Å². The molecule has 0 amide bonds. The number of nitrogens with zero attached hydrogens (tertiary/aromatic N) is 1. The van der Waals surface area contributed by atoms with Crippen molar-refractivity contribution in [2.45, 2.75) is 65.0 Å². The molecule has 1 saturated heterocycles. The first kappa shape index (κ1) is 25.7. The first-order chi connectivity index (χ1) is 15.2. The zero-order chi connectivity index (χ0) is 23.0. The fraction of sp³-hybridized carbons (Fsp3) is 0.357. The summed E-state index contributed by atoms with van der Waals surface area (Å²) in [6.07, 6.45) is 0.994. The minimum absolute atomic E-state index is 0. The Balaban J connectivity index is 0.00000306. The number of hydrogen-bond acceptors (Lipinski definition) is 3. The molecule has 168 valence electrons. The standard InChI is InChI=1S/C28H35BNO2.Li/c1-7-22(2)29(31-27(3,4)28(5,6)32-29)23-18-20-26(21-19-23)30(24-14-10-8-11-15-24)25-16-12-9-13-17-25;/h8-22H,7H2,1-6H3;/q-1;+1. The molecule has 0 bridgehead atoms. The summed E-state index contributed by atoms with van der Waals surface area (Å²) in [6.45, 7) is 11.4. The van der Waals surface area contributed by atoms with E-state index in [0.717, 1.165) is 28.9 Å². The second-order valence-corrected chi connectivity index (χ2v) is 10.0. The molecule has 0 spiro atoms. The van der Waals surface area contributed by atoms with E-state index in [1.165, 1.54) is 0 Å². The van der Waals surface area contributed by atoms with Gasteiger partial charge in [-0.2, -0.15) is 5.46 Å².